The molecular weight excluding hydrogens is 343 g/mol. The van der Waals surface area contributed by atoms with Gasteiger partial charge in [-0.2, -0.15) is 0 Å². The number of anilines is 1. The fourth-order valence-corrected chi connectivity index (χ4v) is 3.20. The fraction of sp³-hybridized carbons (Fsp3) is 0.421. The van der Waals surface area contributed by atoms with Crippen molar-refractivity contribution in [3.8, 4) is 5.75 Å². The Kier molecular flexibility index (Phi) is 4.84. The highest BCUT2D eigenvalue weighted by molar-refractivity contribution is 5.50. The van der Waals surface area contributed by atoms with Gasteiger partial charge in [-0.15, -0.1) is 13.2 Å². The van der Waals surface area contributed by atoms with E-state index in [1.807, 2.05) is 19.2 Å². The van der Waals surface area contributed by atoms with Crippen molar-refractivity contribution in [1.29, 1.82) is 0 Å². The summed E-state index contributed by atoms with van der Waals surface area (Å²) < 4.78 is 40.8. The highest BCUT2D eigenvalue weighted by atomic mass is 19.4. The first kappa shape index (κ1) is 18.5. The van der Waals surface area contributed by atoms with Crippen LogP contribution in [0.15, 0.2) is 42.7 Å². The van der Waals surface area contributed by atoms with Crippen molar-refractivity contribution in [3.05, 3.63) is 53.9 Å². The van der Waals surface area contributed by atoms with Crippen LogP contribution in [0, 0.1) is 6.92 Å². The van der Waals surface area contributed by atoms with Crippen molar-refractivity contribution in [1.82, 2.24) is 9.88 Å². The van der Waals surface area contributed by atoms with Crippen LogP contribution in [0.25, 0.3) is 0 Å². The molecule has 2 aromatic rings. The molecular formula is C19H22F3N3O. The minimum atomic E-state index is -4.67. The van der Waals surface area contributed by atoms with Gasteiger partial charge in [0.05, 0.1) is 6.67 Å². The van der Waals surface area contributed by atoms with Gasteiger partial charge in [0.2, 0.25) is 0 Å². The molecule has 4 nitrogen and oxygen atoms in total. The lowest BCUT2D eigenvalue weighted by Gasteiger charge is -2.30. The zero-order valence-corrected chi connectivity index (χ0v) is 15.0. The number of nitrogens with zero attached hydrogens (tertiary/aromatic N) is 3. The maximum atomic E-state index is 12.3. The first-order valence-electron chi connectivity index (χ1n) is 8.39. The summed E-state index contributed by atoms with van der Waals surface area (Å²) in [5.41, 5.74) is 3.19. The molecule has 7 heteroatoms. The van der Waals surface area contributed by atoms with Crippen LogP contribution >= 0.6 is 0 Å². The third kappa shape index (κ3) is 4.27. The van der Waals surface area contributed by atoms with E-state index in [-0.39, 0.29) is 11.3 Å². The largest absolute Gasteiger partial charge is 0.573 e. The van der Waals surface area contributed by atoms with Crippen molar-refractivity contribution in [2.45, 2.75) is 39.2 Å². The van der Waals surface area contributed by atoms with Gasteiger partial charge in [0.25, 0.3) is 0 Å². The van der Waals surface area contributed by atoms with E-state index in [0.29, 0.717) is 6.67 Å². The normalized spacial score (nSPS) is 17.5. The van der Waals surface area contributed by atoms with Crippen LogP contribution < -0.4 is 9.64 Å². The summed E-state index contributed by atoms with van der Waals surface area (Å²) in [5, 5.41) is 0. The van der Waals surface area contributed by atoms with Crippen LogP contribution in [0.1, 0.15) is 25.0 Å². The molecule has 0 radical (unpaired) electrons. The summed E-state index contributed by atoms with van der Waals surface area (Å²) in [6.07, 6.45) is -1.02. The van der Waals surface area contributed by atoms with Crippen molar-refractivity contribution < 1.29 is 17.9 Å². The van der Waals surface area contributed by atoms with Crippen LogP contribution in [0.3, 0.4) is 0 Å². The predicted molar refractivity (Wildman–Crippen MR) is 93.9 cm³/mol. The summed E-state index contributed by atoms with van der Waals surface area (Å²) in [4.78, 5) is 8.65. The van der Waals surface area contributed by atoms with Crippen molar-refractivity contribution in [3.63, 3.8) is 0 Å². The minimum Gasteiger partial charge on any atom is -0.406 e. The van der Waals surface area contributed by atoms with Gasteiger partial charge in [-0.05, 0) is 62.2 Å². The fourth-order valence-electron chi connectivity index (χ4n) is 3.20. The van der Waals surface area contributed by atoms with E-state index in [1.54, 1.807) is 18.3 Å². The Balaban J connectivity index is 1.72. The van der Waals surface area contributed by atoms with Gasteiger partial charge in [0.15, 0.2) is 0 Å². The second-order valence-electron chi connectivity index (χ2n) is 7.19. The maximum Gasteiger partial charge on any atom is 0.573 e. The van der Waals surface area contributed by atoms with E-state index < -0.39 is 6.36 Å². The summed E-state index contributed by atoms with van der Waals surface area (Å²) in [6.45, 7) is 8.68. The number of ether oxygens (including phenoxy) is 1. The molecule has 0 atom stereocenters. The molecule has 0 aliphatic carbocycles. The van der Waals surface area contributed by atoms with E-state index in [2.05, 4.69) is 33.4 Å². The first-order valence-corrected chi connectivity index (χ1v) is 8.39. The van der Waals surface area contributed by atoms with Gasteiger partial charge in [0.1, 0.15) is 5.75 Å². The first-order chi connectivity index (χ1) is 12.1. The molecule has 1 aliphatic heterocycles. The van der Waals surface area contributed by atoms with Gasteiger partial charge >= 0.3 is 6.36 Å². The SMILES string of the molecule is Cc1cnccc1CN1CN(c2ccc(OC(F)(F)F)cc2)CC1(C)C. The molecule has 0 bridgehead atoms. The number of pyridine rings is 1. The Morgan fingerprint density at radius 2 is 1.85 bits per heavy atom. The standard InChI is InChI=1S/C19H22F3N3O/c1-14-10-23-9-8-15(14)11-25-13-24(12-18(25,2)3)16-4-6-17(7-5-16)26-19(20,21)22/h4-10H,11-13H2,1-3H3. The lowest BCUT2D eigenvalue weighted by atomic mass is 10.0. The number of rotatable bonds is 4. The van der Waals surface area contributed by atoms with Crippen LogP contribution in [0.4, 0.5) is 18.9 Å². The van der Waals surface area contributed by atoms with Crippen LogP contribution in [-0.4, -0.2) is 35.0 Å². The van der Waals surface area contributed by atoms with Crippen molar-refractivity contribution >= 4 is 5.69 Å². The van der Waals surface area contributed by atoms with E-state index in [1.165, 1.54) is 17.7 Å². The Labute approximate surface area is 151 Å². The minimum absolute atomic E-state index is 0.0587. The Bertz CT molecular complexity index is 759. The zero-order valence-electron chi connectivity index (χ0n) is 15.0. The van der Waals surface area contributed by atoms with Crippen LogP contribution in [-0.2, 0) is 6.54 Å². The second-order valence-corrected chi connectivity index (χ2v) is 7.19. The molecule has 2 heterocycles. The molecule has 1 saturated heterocycles. The Morgan fingerprint density at radius 1 is 1.15 bits per heavy atom. The van der Waals surface area contributed by atoms with Gasteiger partial charge in [-0.1, -0.05) is 0 Å². The van der Waals surface area contributed by atoms with Gasteiger partial charge in [0, 0.05) is 36.7 Å². The van der Waals surface area contributed by atoms with Crippen molar-refractivity contribution in [2.24, 2.45) is 0 Å². The number of aromatic nitrogens is 1. The summed E-state index contributed by atoms with van der Waals surface area (Å²) >= 11 is 0. The average molecular weight is 365 g/mol. The molecule has 3 rings (SSSR count). The molecule has 1 fully saturated rings. The molecule has 0 N–H and O–H groups in total. The summed E-state index contributed by atoms with van der Waals surface area (Å²) in [6, 6.07) is 8.06. The molecule has 1 aliphatic rings. The summed E-state index contributed by atoms with van der Waals surface area (Å²) in [7, 11) is 0. The monoisotopic (exact) mass is 365 g/mol. The van der Waals surface area contributed by atoms with E-state index in [0.717, 1.165) is 24.3 Å². The van der Waals surface area contributed by atoms with Crippen LogP contribution in [0.2, 0.25) is 0 Å². The average Bonchev–Trinajstić information content (AvgIpc) is 2.84. The molecule has 0 unspecified atom stereocenters. The quantitative estimate of drug-likeness (QED) is 0.806. The van der Waals surface area contributed by atoms with Gasteiger partial charge in [-0.25, -0.2) is 0 Å². The third-order valence-corrected chi connectivity index (χ3v) is 4.71. The maximum absolute atomic E-state index is 12.3. The molecule has 0 amide bonds. The highest BCUT2D eigenvalue weighted by Gasteiger charge is 2.37. The number of hydrogen-bond donors (Lipinski definition) is 0. The summed E-state index contributed by atoms with van der Waals surface area (Å²) in [5.74, 6) is -0.205. The Hall–Kier alpha value is -2.28. The number of benzene rings is 1. The molecule has 1 aromatic carbocycles. The zero-order chi connectivity index (χ0) is 18.9. The van der Waals surface area contributed by atoms with E-state index in [9.17, 15) is 13.2 Å². The molecule has 1 aromatic heterocycles. The van der Waals surface area contributed by atoms with E-state index >= 15 is 0 Å². The predicted octanol–water partition coefficient (Wildman–Crippen LogP) is 4.35. The topological polar surface area (TPSA) is 28.6 Å². The number of halogens is 3. The van der Waals surface area contributed by atoms with Crippen LogP contribution in [0.5, 0.6) is 5.75 Å². The number of aryl methyl sites for hydroxylation is 1. The third-order valence-electron chi connectivity index (χ3n) is 4.71. The second kappa shape index (κ2) is 6.79. The number of alkyl halides is 3. The molecule has 0 spiro atoms. The van der Waals surface area contributed by atoms with Gasteiger partial charge < -0.3 is 9.64 Å². The smallest absolute Gasteiger partial charge is 0.406 e. The lowest BCUT2D eigenvalue weighted by molar-refractivity contribution is -0.274. The van der Waals surface area contributed by atoms with E-state index in [4.69, 9.17) is 0 Å². The highest BCUT2D eigenvalue weighted by Crippen LogP contribution is 2.32. The van der Waals surface area contributed by atoms with Crippen molar-refractivity contribution in [2.75, 3.05) is 18.1 Å². The Morgan fingerprint density at radius 3 is 2.46 bits per heavy atom. The lowest BCUT2D eigenvalue weighted by Crippen LogP contribution is -2.39. The molecule has 0 saturated carbocycles. The van der Waals surface area contributed by atoms with Gasteiger partial charge in [-0.3, -0.25) is 9.88 Å². The molecule has 140 valence electrons. The molecule has 26 heavy (non-hydrogen) atoms. The number of hydrogen-bond acceptors (Lipinski definition) is 4.